The average Bonchev–Trinajstić information content (AvgIpc) is 2.88. The molecule has 5 nitrogen and oxygen atoms in total. The van der Waals surface area contributed by atoms with E-state index in [2.05, 4.69) is 34.0 Å². The molecule has 5 heteroatoms. The summed E-state index contributed by atoms with van der Waals surface area (Å²) in [6, 6.07) is 2.04. The van der Waals surface area contributed by atoms with Gasteiger partial charge >= 0.3 is 0 Å². The van der Waals surface area contributed by atoms with Crippen LogP contribution in [0.1, 0.15) is 32.5 Å². The van der Waals surface area contributed by atoms with E-state index < -0.39 is 0 Å². The van der Waals surface area contributed by atoms with Gasteiger partial charge in [-0.25, -0.2) is 9.97 Å². The lowest BCUT2D eigenvalue weighted by Crippen LogP contribution is -2.22. The Labute approximate surface area is 115 Å². The third-order valence-corrected chi connectivity index (χ3v) is 3.58. The predicted molar refractivity (Wildman–Crippen MR) is 77.5 cm³/mol. The van der Waals surface area contributed by atoms with Gasteiger partial charge in [0, 0.05) is 32.8 Å². The molecule has 0 amide bonds. The summed E-state index contributed by atoms with van der Waals surface area (Å²) in [5, 5.41) is 3.26. The molecule has 1 saturated heterocycles. The molecule has 0 bridgehead atoms. The molecular weight excluding hydrogens is 240 g/mol. The summed E-state index contributed by atoms with van der Waals surface area (Å²) < 4.78 is 5.15. The van der Waals surface area contributed by atoms with Crippen LogP contribution in [0.15, 0.2) is 6.07 Å². The van der Waals surface area contributed by atoms with Crippen molar-refractivity contribution in [3.05, 3.63) is 11.9 Å². The first-order valence-corrected chi connectivity index (χ1v) is 7.12. The van der Waals surface area contributed by atoms with Gasteiger partial charge in [0.15, 0.2) is 5.82 Å². The Kier molecular flexibility index (Phi) is 4.96. The highest BCUT2D eigenvalue weighted by Crippen LogP contribution is 2.25. The lowest BCUT2D eigenvalue weighted by molar-refractivity contribution is 0.178. The smallest absolute Gasteiger partial charge is 0.158 e. The number of anilines is 2. The van der Waals surface area contributed by atoms with Crippen molar-refractivity contribution in [3.8, 4) is 0 Å². The van der Waals surface area contributed by atoms with E-state index in [0.717, 1.165) is 43.0 Å². The maximum absolute atomic E-state index is 5.15. The fraction of sp³-hybridized carbons (Fsp3) is 0.714. The minimum atomic E-state index is 0.456. The summed E-state index contributed by atoms with van der Waals surface area (Å²) in [5.74, 6) is 3.45. The average molecular weight is 264 g/mol. The minimum Gasteiger partial charge on any atom is -0.377 e. The fourth-order valence-corrected chi connectivity index (χ4v) is 2.48. The molecule has 1 unspecified atom stereocenters. The Morgan fingerprint density at radius 3 is 2.89 bits per heavy atom. The number of hydrogen-bond donors (Lipinski definition) is 1. The Balaban J connectivity index is 2.18. The molecule has 0 aromatic carbocycles. The van der Waals surface area contributed by atoms with Gasteiger partial charge in [-0.05, 0) is 19.3 Å². The molecule has 0 spiro atoms. The predicted octanol–water partition coefficient (Wildman–Crippen LogP) is 2.29. The Bertz CT molecular complexity index is 386. The molecule has 2 rings (SSSR count). The van der Waals surface area contributed by atoms with Crippen LogP contribution in [0.4, 0.5) is 11.6 Å². The van der Waals surface area contributed by atoms with E-state index in [1.165, 1.54) is 12.8 Å². The highest BCUT2D eigenvalue weighted by Gasteiger charge is 2.22. The highest BCUT2D eigenvalue weighted by molar-refractivity contribution is 5.50. The van der Waals surface area contributed by atoms with E-state index in [9.17, 15) is 0 Å². The first kappa shape index (κ1) is 14.1. The van der Waals surface area contributed by atoms with Gasteiger partial charge in [0.1, 0.15) is 18.2 Å². The summed E-state index contributed by atoms with van der Waals surface area (Å²) in [5.41, 5.74) is 0. The summed E-state index contributed by atoms with van der Waals surface area (Å²) >= 11 is 0. The van der Waals surface area contributed by atoms with Crippen LogP contribution in [0.5, 0.6) is 0 Å². The van der Waals surface area contributed by atoms with Gasteiger partial charge in [0.25, 0.3) is 0 Å². The van der Waals surface area contributed by atoms with Crippen molar-refractivity contribution in [2.45, 2.75) is 33.3 Å². The zero-order valence-electron chi connectivity index (χ0n) is 12.1. The first-order chi connectivity index (χ1) is 9.26. The Morgan fingerprint density at radius 2 is 2.26 bits per heavy atom. The molecule has 106 valence electrons. The normalized spacial score (nSPS) is 18.9. The molecule has 1 atom stereocenters. The molecule has 0 aliphatic carbocycles. The van der Waals surface area contributed by atoms with E-state index >= 15 is 0 Å². The molecule has 2 heterocycles. The molecular formula is C14H24N4O. The summed E-state index contributed by atoms with van der Waals surface area (Å²) in [6.07, 6.45) is 2.50. The van der Waals surface area contributed by atoms with Gasteiger partial charge in [-0.2, -0.15) is 0 Å². The Hall–Kier alpha value is -1.36. The van der Waals surface area contributed by atoms with Crippen LogP contribution in [0.3, 0.4) is 0 Å². The van der Waals surface area contributed by atoms with E-state index in [1.807, 2.05) is 6.07 Å². The number of nitrogens with zero attached hydrogens (tertiary/aromatic N) is 3. The van der Waals surface area contributed by atoms with Crippen molar-refractivity contribution in [1.29, 1.82) is 0 Å². The van der Waals surface area contributed by atoms with E-state index in [1.54, 1.807) is 7.11 Å². The third kappa shape index (κ3) is 3.56. The second-order valence-corrected chi connectivity index (χ2v) is 5.00. The topological polar surface area (TPSA) is 50.3 Å². The van der Waals surface area contributed by atoms with Crippen LogP contribution in [0, 0.1) is 5.92 Å². The van der Waals surface area contributed by atoms with Crippen molar-refractivity contribution < 1.29 is 4.74 Å². The van der Waals surface area contributed by atoms with Gasteiger partial charge < -0.3 is 15.0 Å². The molecule has 1 N–H and O–H groups in total. The molecule has 0 saturated carbocycles. The number of aromatic nitrogens is 2. The minimum absolute atomic E-state index is 0.456. The van der Waals surface area contributed by atoms with E-state index in [4.69, 9.17) is 4.74 Å². The van der Waals surface area contributed by atoms with Crippen molar-refractivity contribution in [2.24, 2.45) is 5.92 Å². The first-order valence-electron chi connectivity index (χ1n) is 7.12. The maximum atomic E-state index is 5.15. The molecule has 0 radical (unpaired) electrons. The third-order valence-electron chi connectivity index (χ3n) is 3.58. The van der Waals surface area contributed by atoms with Gasteiger partial charge in [0.05, 0.1) is 0 Å². The lowest BCUT2D eigenvalue weighted by Gasteiger charge is -2.19. The second-order valence-electron chi connectivity index (χ2n) is 5.00. The van der Waals surface area contributed by atoms with Crippen LogP contribution in [0.2, 0.25) is 0 Å². The number of hydrogen-bond acceptors (Lipinski definition) is 5. The van der Waals surface area contributed by atoms with Crippen molar-refractivity contribution in [2.75, 3.05) is 37.0 Å². The number of methoxy groups -OCH3 is 1. The van der Waals surface area contributed by atoms with Crippen molar-refractivity contribution >= 4 is 11.6 Å². The van der Waals surface area contributed by atoms with E-state index in [-0.39, 0.29) is 0 Å². The molecule has 19 heavy (non-hydrogen) atoms. The lowest BCUT2D eigenvalue weighted by atomic mass is 10.1. The molecule has 1 aliphatic rings. The number of nitrogens with one attached hydrogen (secondary N) is 1. The van der Waals surface area contributed by atoms with Gasteiger partial charge in [-0.1, -0.05) is 13.3 Å². The monoisotopic (exact) mass is 264 g/mol. The van der Waals surface area contributed by atoms with Gasteiger partial charge in [-0.3, -0.25) is 0 Å². The largest absolute Gasteiger partial charge is 0.377 e. The fourth-order valence-electron chi connectivity index (χ4n) is 2.48. The summed E-state index contributed by atoms with van der Waals surface area (Å²) in [7, 11) is 1.67. The van der Waals surface area contributed by atoms with Crippen LogP contribution in [-0.4, -0.2) is 36.7 Å². The second kappa shape index (κ2) is 6.70. The van der Waals surface area contributed by atoms with E-state index in [0.29, 0.717) is 6.61 Å². The van der Waals surface area contributed by atoms with Crippen LogP contribution < -0.4 is 10.2 Å². The zero-order chi connectivity index (χ0) is 13.7. The Morgan fingerprint density at radius 1 is 1.42 bits per heavy atom. The number of ether oxygens (including phenoxy) is 1. The van der Waals surface area contributed by atoms with Crippen LogP contribution in [0.25, 0.3) is 0 Å². The highest BCUT2D eigenvalue weighted by atomic mass is 16.5. The molecule has 1 aromatic heterocycles. The SMILES string of the molecule is CCNc1cc(N2CCC(CC)C2)nc(COC)n1. The summed E-state index contributed by atoms with van der Waals surface area (Å²) in [4.78, 5) is 11.4. The molecule has 1 fully saturated rings. The quantitative estimate of drug-likeness (QED) is 0.854. The summed E-state index contributed by atoms with van der Waals surface area (Å²) in [6.45, 7) is 7.84. The standard InChI is InChI=1S/C14H24N4O/c1-4-11-6-7-18(9-11)14-8-12(15-5-2)16-13(17-14)10-19-3/h8,11H,4-7,9-10H2,1-3H3,(H,15,16,17). The van der Waals surface area contributed by atoms with Crippen molar-refractivity contribution in [1.82, 2.24) is 9.97 Å². The number of rotatable bonds is 6. The van der Waals surface area contributed by atoms with Gasteiger partial charge in [-0.15, -0.1) is 0 Å². The van der Waals surface area contributed by atoms with Crippen LogP contribution >= 0.6 is 0 Å². The van der Waals surface area contributed by atoms with Crippen LogP contribution in [-0.2, 0) is 11.3 Å². The molecule has 1 aliphatic heterocycles. The van der Waals surface area contributed by atoms with Crippen molar-refractivity contribution in [3.63, 3.8) is 0 Å². The molecule has 1 aromatic rings. The van der Waals surface area contributed by atoms with Gasteiger partial charge in [0.2, 0.25) is 0 Å². The zero-order valence-corrected chi connectivity index (χ0v) is 12.1. The maximum Gasteiger partial charge on any atom is 0.158 e.